The number of nitrogens with zero attached hydrogens (tertiary/aromatic N) is 1. The molecular weight excluding hydrogens is 382 g/mol. The van der Waals surface area contributed by atoms with Gasteiger partial charge in [0.05, 0.1) is 16.8 Å². The van der Waals surface area contributed by atoms with E-state index in [1.165, 1.54) is 0 Å². The van der Waals surface area contributed by atoms with Crippen LogP contribution in [0.2, 0.25) is 0 Å². The van der Waals surface area contributed by atoms with Crippen LogP contribution in [0, 0.1) is 6.92 Å². The highest BCUT2D eigenvalue weighted by molar-refractivity contribution is 9.10. The summed E-state index contributed by atoms with van der Waals surface area (Å²) >= 11 is 3.44. The van der Waals surface area contributed by atoms with Gasteiger partial charge in [-0.3, -0.25) is 0 Å². The molecule has 0 aliphatic rings. The van der Waals surface area contributed by atoms with Crippen LogP contribution in [-0.4, -0.2) is 16.9 Å². The summed E-state index contributed by atoms with van der Waals surface area (Å²) < 4.78 is 12.1. The highest BCUT2D eigenvalue weighted by Crippen LogP contribution is 2.40. The first-order chi connectivity index (χ1) is 12.0. The number of aromatic hydroxyl groups is 1. The fraction of sp³-hybridized carbons (Fsp3) is 0.150. The Balaban J connectivity index is 2.00. The van der Waals surface area contributed by atoms with E-state index in [2.05, 4.69) is 27.7 Å². The Kier molecular flexibility index (Phi) is 4.95. The molecule has 25 heavy (non-hydrogen) atoms. The van der Waals surface area contributed by atoms with Gasteiger partial charge in [-0.25, -0.2) is 0 Å². The van der Waals surface area contributed by atoms with Crippen LogP contribution in [0.1, 0.15) is 12.6 Å². The van der Waals surface area contributed by atoms with Crippen molar-refractivity contribution in [2.75, 3.05) is 6.61 Å². The minimum atomic E-state index is 0.0775. The number of phenols is 1. The molecule has 3 aromatic rings. The van der Waals surface area contributed by atoms with Crippen molar-refractivity contribution in [3.8, 4) is 33.9 Å². The first-order valence-corrected chi connectivity index (χ1v) is 8.58. The summed E-state index contributed by atoms with van der Waals surface area (Å²) in [5.41, 5.74) is 4.07. The molecule has 0 spiro atoms. The molecule has 0 radical (unpaired) electrons. The van der Waals surface area contributed by atoms with E-state index in [9.17, 15) is 5.11 Å². The molecule has 0 amide bonds. The van der Waals surface area contributed by atoms with Crippen molar-refractivity contribution in [3.63, 3.8) is 0 Å². The predicted molar refractivity (Wildman–Crippen MR) is 102 cm³/mol. The summed E-state index contributed by atoms with van der Waals surface area (Å²) in [5, 5.41) is 14.5. The number of aromatic nitrogens is 1. The Morgan fingerprint density at radius 3 is 2.60 bits per heavy atom. The molecule has 0 atom stereocenters. The number of phenolic OH excluding ortho intramolecular Hbond substituents is 1. The minimum absolute atomic E-state index is 0.0775. The van der Waals surface area contributed by atoms with Crippen molar-refractivity contribution in [2.24, 2.45) is 0 Å². The van der Waals surface area contributed by atoms with Gasteiger partial charge in [-0.1, -0.05) is 39.8 Å². The maximum absolute atomic E-state index is 10.4. The van der Waals surface area contributed by atoms with E-state index >= 15 is 0 Å². The molecule has 3 rings (SSSR count). The lowest BCUT2D eigenvalue weighted by Crippen LogP contribution is -1.97. The lowest BCUT2D eigenvalue weighted by atomic mass is 9.99. The molecule has 1 aromatic heterocycles. The van der Waals surface area contributed by atoms with Gasteiger partial charge in [-0.15, -0.1) is 0 Å². The average molecular weight is 400 g/mol. The quantitative estimate of drug-likeness (QED) is 0.555. The van der Waals surface area contributed by atoms with Gasteiger partial charge < -0.3 is 14.4 Å². The predicted octanol–water partition coefficient (Wildman–Crippen LogP) is 5.74. The SMILES string of the molecule is C=C(C)COc1ccc(-c2onc(C)c2-c2ccc(Br)cc2)c(O)c1. The van der Waals surface area contributed by atoms with Gasteiger partial charge >= 0.3 is 0 Å². The van der Waals surface area contributed by atoms with Crippen molar-refractivity contribution < 1.29 is 14.4 Å². The van der Waals surface area contributed by atoms with Gasteiger partial charge in [0.2, 0.25) is 0 Å². The highest BCUT2D eigenvalue weighted by Gasteiger charge is 2.19. The number of rotatable bonds is 5. The van der Waals surface area contributed by atoms with Crippen LogP contribution in [0.4, 0.5) is 0 Å². The molecule has 0 aliphatic carbocycles. The summed E-state index contributed by atoms with van der Waals surface area (Å²) in [6, 6.07) is 13.0. The Morgan fingerprint density at radius 2 is 1.96 bits per heavy atom. The van der Waals surface area contributed by atoms with E-state index < -0.39 is 0 Å². The van der Waals surface area contributed by atoms with Crippen LogP contribution in [0.25, 0.3) is 22.5 Å². The van der Waals surface area contributed by atoms with Gasteiger partial charge in [0.15, 0.2) is 5.76 Å². The van der Waals surface area contributed by atoms with E-state index in [-0.39, 0.29) is 5.75 Å². The van der Waals surface area contributed by atoms with Crippen molar-refractivity contribution in [1.29, 1.82) is 0 Å². The largest absolute Gasteiger partial charge is 0.507 e. The van der Waals surface area contributed by atoms with Crippen LogP contribution in [0.3, 0.4) is 0 Å². The lowest BCUT2D eigenvalue weighted by Gasteiger charge is -2.09. The fourth-order valence-corrected chi connectivity index (χ4v) is 2.77. The normalized spacial score (nSPS) is 10.7. The average Bonchev–Trinajstić information content (AvgIpc) is 2.95. The third kappa shape index (κ3) is 3.77. The van der Waals surface area contributed by atoms with Gasteiger partial charge in [0, 0.05) is 10.5 Å². The molecule has 0 saturated heterocycles. The standard InChI is InChI=1S/C20H18BrNO3/c1-12(2)11-24-16-8-9-17(18(23)10-16)20-19(13(3)22-25-20)14-4-6-15(21)7-5-14/h4-10,23H,1,11H2,2-3H3. The number of hydrogen-bond donors (Lipinski definition) is 1. The molecule has 0 bridgehead atoms. The van der Waals surface area contributed by atoms with Gasteiger partial charge in [0.1, 0.15) is 18.1 Å². The molecular formula is C20H18BrNO3. The number of benzene rings is 2. The highest BCUT2D eigenvalue weighted by atomic mass is 79.9. The Labute approximate surface area is 154 Å². The number of halogens is 1. The van der Waals surface area contributed by atoms with Crippen molar-refractivity contribution in [3.05, 3.63) is 64.8 Å². The third-order valence-corrected chi connectivity index (χ3v) is 4.22. The topological polar surface area (TPSA) is 55.5 Å². The molecule has 0 fully saturated rings. The molecule has 0 aliphatic heterocycles. The lowest BCUT2D eigenvalue weighted by molar-refractivity contribution is 0.349. The van der Waals surface area contributed by atoms with Crippen molar-refractivity contribution >= 4 is 15.9 Å². The first kappa shape index (κ1) is 17.3. The van der Waals surface area contributed by atoms with E-state index in [0.717, 1.165) is 26.9 Å². The summed E-state index contributed by atoms with van der Waals surface area (Å²) in [5.74, 6) is 1.18. The van der Waals surface area contributed by atoms with Gasteiger partial charge in [-0.05, 0) is 49.2 Å². The van der Waals surface area contributed by atoms with Gasteiger partial charge in [0.25, 0.3) is 0 Å². The monoisotopic (exact) mass is 399 g/mol. The van der Waals surface area contributed by atoms with E-state index in [0.29, 0.717) is 23.7 Å². The zero-order chi connectivity index (χ0) is 18.0. The van der Waals surface area contributed by atoms with E-state index in [1.807, 2.05) is 38.1 Å². The third-order valence-electron chi connectivity index (χ3n) is 3.69. The minimum Gasteiger partial charge on any atom is -0.507 e. The second-order valence-electron chi connectivity index (χ2n) is 5.90. The zero-order valence-corrected chi connectivity index (χ0v) is 15.6. The number of ether oxygens (including phenoxy) is 1. The van der Waals surface area contributed by atoms with Crippen molar-refractivity contribution in [1.82, 2.24) is 5.16 Å². The van der Waals surface area contributed by atoms with Crippen LogP contribution < -0.4 is 4.74 Å². The number of aryl methyl sites for hydroxylation is 1. The van der Waals surface area contributed by atoms with E-state index in [1.54, 1.807) is 18.2 Å². The van der Waals surface area contributed by atoms with Crippen LogP contribution in [0.5, 0.6) is 11.5 Å². The molecule has 5 heteroatoms. The Hall–Kier alpha value is -2.53. The maximum atomic E-state index is 10.4. The van der Waals surface area contributed by atoms with Crippen molar-refractivity contribution in [2.45, 2.75) is 13.8 Å². The molecule has 0 unspecified atom stereocenters. The van der Waals surface area contributed by atoms with Crippen LogP contribution in [0.15, 0.2) is 63.6 Å². The summed E-state index contributed by atoms with van der Waals surface area (Å²) in [7, 11) is 0. The Bertz CT molecular complexity index is 913. The fourth-order valence-electron chi connectivity index (χ4n) is 2.51. The summed E-state index contributed by atoms with van der Waals surface area (Å²) in [6.45, 7) is 7.97. The van der Waals surface area contributed by atoms with Crippen LogP contribution >= 0.6 is 15.9 Å². The molecule has 1 N–H and O–H groups in total. The second-order valence-corrected chi connectivity index (χ2v) is 6.82. The smallest absolute Gasteiger partial charge is 0.178 e. The van der Waals surface area contributed by atoms with Crippen LogP contribution in [-0.2, 0) is 0 Å². The molecule has 0 saturated carbocycles. The zero-order valence-electron chi connectivity index (χ0n) is 14.0. The van der Waals surface area contributed by atoms with E-state index in [4.69, 9.17) is 9.26 Å². The molecule has 1 heterocycles. The second kappa shape index (κ2) is 7.15. The molecule has 2 aromatic carbocycles. The van der Waals surface area contributed by atoms with Gasteiger partial charge in [-0.2, -0.15) is 0 Å². The Morgan fingerprint density at radius 1 is 1.24 bits per heavy atom. The molecule has 4 nitrogen and oxygen atoms in total. The summed E-state index contributed by atoms with van der Waals surface area (Å²) in [4.78, 5) is 0. The molecule has 128 valence electrons. The first-order valence-electron chi connectivity index (χ1n) is 7.78. The summed E-state index contributed by atoms with van der Waals surface area (Å²) in [6.07, 6.45) is 0. The number of hydrogen-bond acceptors (Lipinski definition) is 4. The maximum Gasteiger partial charge on any atom is 0.178 e.